The van der Waals surface area contributed by atoms with Gasteiger partial charge in [-0.2, -0.15) is 0 Å². The number of esters is 1. The zero-order chi connectivity index (χ0) is 35.5. The van der Waals surface area contributed by atoms with Crippen molar-refractivity contribution in [2.45, 2.75) is 88.4 Å². The summed E-state index contributed by atoms with van der Waals surface area (Å²) in [5.74, 6) is -1.91. The van der Waals surface area contributed by atoms with Crippen LogP contribution in [0.4, 0.5) is 11.4 Å². The van der Waals surface area contributed by atoms with Crippen LogP contribution < -0.4 is 10.2 Å². The molecule has 0 saturated carbocycles. The monoisotopic (exact) mass is 693 g/mol. The third kappa shape index (κ3) is 7.33. The fourth-order valence-corrected chi connectivity index (χ4v) is 10.0. The molecule has 3 aromatic rings. The first-order chi connectivity index (χ1) is 23.3. The topological polar surface area (TPSA) is 176 Å². The summed E-state index contributed by atoms with van der Waals surface area (Å²) in [5, 5.41) is 31.3. The van der Waals surface area contributed by atoms with Gasteiger partial charge in [0, 0.05) is 48.4 Å². The Bertz CT molecular complexity index is 1640. The summed E-state index contributed by atoms with van der Waals surface area (Å²) in [6, 6.07) is 14.8. The molecule has 2 aliphatic rings. The third-order valence-corrected chi connectivity index (χ3v) is 12.3. The molecule has 14 heteroatoms. The minimum atomic E-state index is -2.95. The highest BCUT2D eigenvalue weighted by molar-refractivity contribution is 6.71. The van der Waals surface area contributed by atoms with E-state index in [2.05, 4.69) is 15.6 Å². The highest BCUT2D eigenvalue weighted by Gasteiger charge is 2.66. The number of rotatable bonds is 14. The van der Waals surface area contributed by atoms with E-state index in [0.717, 1.165) is 5.56 Å². The molecule has 6 atom stereocenters. The van der Waals surface area contributed by atoms with Gasteiger partial charge in [-0.1, -0.05) is 42.5 Å². The van der Waals surface area contributed by atoms with Crippen molar-refractivity contribution in [1.29, 1.82) is 0 Å². The number of methoxy groups -OCH3 is 1. The second kappa shape index (κ2) is 14.9. The van der Waals surface area contributed by atoms with Crippen LogP contribution >= 0.6 is 0 Å². The number of ether oxygens (including phenoxy) is 2. The number of benzene rings is 2. The van der Waals surface area contributed by atoms with E-state index in [1.165, 1.54) is 14.0 Å². The number of fused-ring (bicyclic) bond motifs is 2. The predicted molar refractivity (Wildman–Crippen MR) is 184 cm³/mol. The minimum Gasteiger partial charge on any atom is -0.469 e. The molecular formula is C35H47N5O8Si. The normalized spacial score (nSPS) is 23.1. The van der Waals surface area contributed by atoms with Crippen molar-refractivity contribution < 1.29 is 38.9 Å². The molecule has 1 saturated heterocycles. The van der Waals surface area contributed by atoms with E-state index in [0.29, 0.717) is 55.0 Å². The average Bonchev–Trinajstić information content (AvgIpc) is 3.72. The van der Waals surface area contributed by atoms with Crippen LogP contribution in [0.5, 0.6) is 0 Å². The molecule has 13 nitrogen and oxygen atoms in total. The Morgan fingerprint density at radius 2 is 1.88 bits per heavy atom. The molecule has 2 aliphatic heterocycles. The Morgan fingerprint density at radius 1 is 1.14 bits per heavy atom. The molecule has 0 aliphatic carbocycles. The van der Waals surface area contributed by atoms with Gasteiger partial charge < -0.3 is 34.7 Å². The van der Waals surface area contributed by atoms with E-state index in [4.69, 9.17) is 9.47 Å². The molecule has 1 spiro atoms. The van der Waals surface area contributed by atoms with Crippen LogP contribution in [0.1, 0.15) is 62.3 Å². The standard InChI is InChI=1S/C35H47N5O8Si/c1-22-32(49(4,5)46)30(16-18-39-20-28(37-38-39)26(21-41)24-11-7-6-8-12-24)48-35(22)27-19-25(36-33(44)23(2)42)14-15-29(27)40(34(35)45)17-10-9-13-31(43)47-3/h6-8,11-12,14-15,19-20,22-23,26,30,32,41-42,46H,9-10,13,16-18,21H2,1-5H3,(H,36,44)/t22-,23+,26?,30+,32-,35+/m1/s1. The summed E-state index contributed by atoms with van der Waals surface area (Å²) in [6.45, 7) is 7.64. The maximum absolute atomic E-state index is 14.6. The SMILES string of the molecule is COC(=O)CCCCN1C(=O)[C@@]2(O[C@@H](CCn3cc(C(CO)c4ccccc4)nn3)[C@H]([Si](C)(C)O)[C@H]2C)c2cc(NC(=O)[C@H](C)O)ccc21. The number of nitrogens with one attached hydrogen (secondary N) is 1. The Morgan fingerprint density at radius 3 is 2.53 bits per heavy atom. The average molecular weight is 694 g/mol. The first kappa shape index (κ1) is 36.3. The van der Waals surface area contributed by atoms with Gasteiger partial charge in [-0.3, -0.25) is 19.1 Å². The third-order valence-electron chi connectivity index (χ3n) is 9.81. The lowest BCUT2D eigenvalue weighted by atomic mass is 9.82. The van der Waals surface area contributed by atoms with Gasteiger partial charge in [0.1, 0.15) is 6.10 Å². The van der Waals surface area contributed by atoms with Crippen molar-refractivity contribution in [3.63, 3.8) is 0 Å². The van der Waals surface area contributed by atoms with Crippen molar-refractivity contribution in [3.05, 3.63) is 71.5 Å². The van der Waals surface area contributed by atoms with Crippen LogP contribution in [-0.2, 0) is 36.0 Å². The summed E-state index contributed by atoms with van der Waals surface area (Å²) in [7, 11) is -1.61. The fraction of sp³-hybridized carbons (Fsp3) is 0.514. The minimum absolute atomic E-state index is 0.124. The Hall–Kier alpha value is -3.95. The van der Waals surface area contributed by atoms with Crippen molar-refractivity contribution in [2.24, 2.45) is 5.92 Å². The number of carbonyl (C=O) groups is 3. The van der Waals surface area contributed by atoms with Gasteiger partial charge in [-0.25, -0.2) is 0 Å². The first-order valence-electron chi connectivity index (χ1n) is 16.8. The van der Waals surface area contributed by atoms with Crippen LogP contribution in [-0.4, -0.2) is 88.6 Å². The number of unbranched alkanes of at least 4 members (excludes halogenated alkanes) is 1. The van der Waals surface area contributed by atoms with Crippen molar-refractivity contribution >= 4 is 37.5 Å². The molecule has 4 N–H and O–H groups in total. The van der Waals surface area contributed by atoms with E-state index in [9.17, 15) is 29.4 Å². The fourth-order valence-electron chi connectivity index (χ4n) is 7.43. The van der Waals surface area contributed by atoms with Gasteiger partial charge in [-0.05, 0) is 63.0 Å². The van der Waals surface area contributed by atoms with Crippen LogP contribution in [0, 0.1) is 5.92 Å². The van der Waals surface area contributed by atoms with Crippen LogP contribution in [0.2, 0.25) is 18.6 Å². The molecule has 3 heterocycles. The smallest absolute Gasteiger partial charge is 0.305 e. The van der Waals surface area contributed by atoms with E-state index >= 15 is 0 Å². The first-order valence-corrected chi connectivity index (χ1v) is 19.8. The highest BCUT2D eigenvalue weighted by atomic mass is 28.4. The number of amides is 2. The number of hydrogen-bond donors (Lipinski definition) is 4. The largest absolute Gasteiger partial charge is 0.469 e. The lowest BCUT2D eigenvalue weighted by Crippen LogP contribution is -2.46. The van der Waals surface area contributed by atoms with E-state index in [-0.39, 0.29) is 36.4 Å². The number of hydrogen-bond acceptors (Lipinski definition) is 10. The van der Waals surface area contributed by atoms with Gasteiger partial charge in [0.2, 0.25) is 0 Å². The summed E-state index contributed by atoms with van der Waals surface area (Å²) < 4.78 is 13.4. The van der Waals surface area contributed by atoms with Gasteiger partial charge in [0.15, 0.2) is 13.9 Å². The zero-order valence-corrected chi connectivity index (χ0v) is 29.7. The van der Waals surface area contributed by atoms with Gasteiger partial charge in [-0.15, -0.1) is 5.10 Å². The summed E-state index contributed by atoms with van der Waals surface area (Å²) in [5.41, 5.74) is 1.42. The molecule has 1 fully saturated rings. The van der Waals surface area contributed by atoms with Gasteiger partial charge in [0.25, 0.3) is 11.8 Å². The summed E-state index contributed by atoms with van der Waals surface area (Å²) >= 11 is 0. The van der Waals surface area contributed by atoms with Gasteiger partial charge >= 0.3 is 5.97 Å². The Kier molecular flexibility index (Phi) is 11.0. The molecular weight excluding hydrogens is 646 g/mol. The maximum Gasteiger partial charge on any atom is 0.305 e. The van der Waals surface area contributed by atoms with E-state index in [1.807, 2.05) is 56.5 Å². The number of aryl methyl sites for hydroxylation is 1. The van der Waals surface area contributed by atoms with Crippen molar-refractivity contribution in [2.75, 3.05) is 30.5 Å². The molecule has 5 rings (SSSR count). The van der Waals surface area contributed by atoms with Gasteiger partial charge in [0.05, 0.1) is 37.1 Å². The van der Waals surface area contributed by atoms with Crippen molar-refractivity contribution in [1.82, 2.24) is 15.0 Å². The van der Waals surface area contributed by atoms with Crippen LogP contribution in [0.15, 0.2) is 54.7 Å². The Labute approximate surface area is 287 Å². The maximum atomic E-state index is 14.6. The molecule has 49 heavy (non-hydrogen) atoms. The number of carbonyl (C=O) groups excluding carboxylic acids is 3. The number of anilines is 2. The van der Waals surface area contributed by atoms with E-state index in [1.54, 1.807) is 27.8 Å². The zero-order valence-electron chi connectivity index (χ0n) is 28.7. The molecule has 0 radical (unpaired) electrons. The second-order valence-corrected chi connectivity index (χ2v) is 17.6. The molecule has 0 bridgehead atoms. The Balaban J connectivity index is 1.45. The second-order valence-electron chi connectivity index (χ2n) is 13.6. The van der Waals surface area contributed by atoms with Crippen LogP contribution in [0.3, 0.4) is 0 Å². The summed E-state index contributed by atoms with van der Waals surface area (Å²) in [6.07, 6.45) is 1.81. The number of aliphatic hydroxyl groups is 2. The molecule has 2 aromatic carbocycles. The quantitative estimate of drug-likeness (QED) is 0.111. The van der Waals surface area contributed by atoms with Crippen molar-refractivity contribution in [3.8, 4) is 0 Å². The number of aliphatic hydroxyl groups excluding tert-OH is 2. The highest BCUT2D eigenvalue weighted by Crippen LogP contribution is 2.60. The predicted octanol–water partition coefficient (Wildman–Crippen LogP) is 3.30. The lowest BCUT2D eigenvalue weighted by molar-refractivity contribution is -0.146. The molecule has 264 valence electrons. The lowest BCUT2D eigenvalue weighted by Gasteiger charge is -2.32. The summed E-state index contributed by atoms with van der Waals surface area (Å²) in [4.78, 5) is 52.1. The molecule has 1 aromatic heterocycles. The van der Waals surface area contributed by atoms with Crippen LogP contribution in [0.25, 0.3) is 0 Å². The number of nitrogens with zero attached hydrogens (tertiary/aromatic N) is 4. The molecule has 1 unspecified atom stereocenters. The number of aromatic nitrogens is 3. The van der Waals surface area contributed by atoms with E-state index < -0.39 is 38.0 Å². The molecule has 2 amide bonds.